The van der Waals surface area contributed by atoms with Gasteiger partial charge in [-0.25, -0.2) is 0 Å². The van der Waals surface area contributed by atoms with Gasteiger partial charge < -0.3 is 14.5 Å². The van der Waals surface area contributed by atoms with Crippen LogP contribution in [0.25, 0.3) is 22.3 Å². The van der Waals surface area contributed by atoms with Crippen molar-refractivity contribution in [3.8, 4) is 22.8 Å². The molecule has 0 fully saturated rings. The first-order chi connectivity index (χ1) is 16.5. The number of aryl methyl sites for hydroxylation is 1. The van der Waals surface area contributed by atoms with E-state index >= 15 is 0 Å². The molecule has 166 valence electrons. The largest absolute Gasteiger partial charge is 0.457 e. The van der Waals surface area contributed by atoms with Gasteiger partial charge in [-0.15, -0.1) is 0 Å². The summed E-state index contributed by atoms with van der Waals surface area (Å²) in [5, 5.41) is 3.43. The summed E-state index contributed by atoms with van der Waals surface area (Å²) in [5.41, 5.74) is 3.31. The van der Waals surface area contributed by atoms with Crippen LogP contribution in [0.15, 0.2) is 112 Å². The first-order valence-electron chi connectivity index (χ1n) is 10.8. The van der Waals surface area contributed by atoms with Gasteiger partial charge in [0.25, 0.3) is 5.91 Å². The first kappa shape index (κ1) is 21.2. The number of hydrogen-bond acceptors (Lipinski definition) is 4. The summed E-state index contributed by atoms with van der Waals surface area (Å²) in [6.07, 6.45) is 0. The monoisotopic (exact) mass is 447 g/mol. The van der Waals surface area contributed by atoms with Crippen molar-refractivity contribution >= 4 is 22.6 Å². The fraction of sp³-hybridized carbons (Fsp3) is 0.0345. The molecule has 5 nitrogen and oxygen atoms in total. The molecule has 0 saturated carbocycles. The average molecular weight is 447 g/mol. The zero-order valence-corrected chi connectivity index (χ0v) is 18.4. The Morgan fingerprint density at radius 3 is 2.24 bits per heavy atom. The molecule has 1 aromatic heterocycles. The van der Waals surface area contributed by atoms with E-state index < -0.39 is 0 Å². The summed E-state index contributed by atoms with van der Waals surface area (Å²) in [5.74, 6) is 1.65. The molecule has 0 aliphatic heterocycles. The van der Waals surface area contributed by atoms with Gasteiger partial charge in [-0.2, -0.15) is 0 Å². The SMILES string of the molecule is Cc1ccc2oc(-c3ccc(C(=O)Nc4ccc(Oc5ccccc5)cc4)cc3)cc(=O)c2c1. The summed E-state index contributed by atoms with van der Waals surface area (Å²) in [7, 11) is 0. The molecule has 0 spiro atoms. The fourth-order valence-corrected chi connectivity index (χ4v) is 3.63. The van der Waals surface area contributed by atoms with Crippen LogP contribution in [0, 0.1) is 6.92 Å². The van der Waals surface area contributed by atoms with Crippen LogP contribution >= 0.6 is 0 Å². The van der Waals surface area contributed by atoms with Crippen molar-refractivity contribution in [1.29, 1.82) is 0 Å². The summed E-state index contributed by atoms with van der Waals surface area (Å²) in [6.45, 7) is 1.93. The van der Waals surface area contributed by atoms with Crippen molar-refractivity contribution in [2.24, 2.45) is 0 Å². The second-order valence-electron chi connectivity index (χ2n) is 7.95. The van der Waals surface area contributed by atoms with Crippen LogP contribution < -0.4 is 15.5 Å². The molecule has 1 heterocycles. The fourth-order valence-electron chi connectivity index (χ4n) is 3.63. The maximum absolute atomic E-state index is 12.7. The molecular weight excluding hydrogens is 426 g/mol. The second kappa shape index (κ2) is 9.08. The molecule has 0 bridgehead atoms. The highest BCUT2D eigenvalue weighted by molar-refractivity contribution is 6.04. The molecule has 0 atom stereocenters. The average Bonchev–Trinajstić information content (AvgIpc) is 2.86. The molecule has 4 aromatic carbocycles. The third-order valence-electron chi connectivity index (χ3n) is 5.41. The highest BCUT2D eigenvalue weighted by atomic mass is 16.5. The van der Waals surface area contributed by atoms with Crippen molar-refractivity contribution in [1.82, 2.24) is 0 Å². The van der Waals surface area contributed by atoms with E-state index in [-0.39, 0.29) is 11.3 Å². The van der Waals surface area contributed by atoms with Crippen molar-refractivity contribution in [3.05, 3.63) is 124 Å². The summed E-state index contributed by atoms with van der Waals surface area (Å²) < 4.78 is 11.7. The van der Waals surface area contributed by atoms with Gasteiger partial charge in [-0.1, -0.05) is 42.0 Å². The minimum atomic E-state index is -0.237. The van der Waals surface area contributed by atoms with Crippen molar-refractivity contribution < 1.29 is 13.9 Å². The van der Waals surface area contributed by atoms with E-state index in [0.29, 0.717) is 33.7 Å². The van der Waals surface area contributed by atoms with Gasteiger partial charge in [-0.3, -0.25) is 9.59 Å². The van der Waals surface area contributed by atoms with E-state index in [1.165, 1.54) is 6.07 Å². The number of carbonyl (C=O) groups is 1. The Bertz CT molecular complexity index is 1520. The molecule has 34 heavy (non-hydrogen) atoms. The highest BCUT2D eigenvalue weighted by Crippen LogP contribution is 2.25. The van der Waals surface area contributed by atoms with Gasteiger partial charge in [0, 0.05) is 22.9 Å². The number of nitrogens with one attached hydrogen (secondary N) is 1. The molecule has 0 radical (unpaired) electrons. The van der Waals surface area contributed by atoms with Gasteiger partial charge in [-0.05, 0) is 67.6 Å². The van der Waals surface area contributed by atoms with Crippen molar-refractivity contribution in [2.75, 3.05) is 5.32 Å². The number of fused-ring (bicyclic) bond motifs is 1. The smallest absolute Gasteiger partial charge is 0.255 e. The Morgan fingerprint density at radius 1 is 0.794 bits per heavy atom. The zero-order valence-electron chi connectivity index (χ0n) is 18.4. The molecule has 0 unspecified atom stereocenters. The van der Waals surface area contributed by atoms with Crippen LogP contribution in [0.5, 0.6) is 11.5 Å². The Morgan fingerprint density at radius 2 is 1.50 bits per heavy atom. The Balaban J connectivity index is 1.29. The van der Waals surface area contributed by atoms with Crippen molar-refractivity contribution in [2.45, 2.75) is 6.92 Å². The second-order valence-corrected chi connectivity index (χ2v) is 7.95. The van der Waals surface area contributed by atoms with Gasteiger partial charge in [0.1, 0.15) is 22.8 Å². The minimum absolute atomic E-state index is 0.0959. The predicted molar refractivity (Wildman–Crippen MR) is 134 cm³/mol. The molecule has 0 aliphatic carbocycles. The Hall–Kier alpha value is -4.64. The predicted octanol–water partition coefficient (Wildman–Crippen LogP) is 6.81. The number of amides is 1. The third-order valence-corrected chi connectivity index (χ3v) is 5.41. The van der Waals surface area contributed by atoms with E-state index in [4.69, 9.17) is 9.15 Å². The third kappa shape index (κ3) is 4.59. The maximum atomic E-state index is 12.7. The van der Waals surface area contributed by atoms with E-state index in [9.17, 15) is 9.59 Å². The summed E-state index contributed by atoms with van der Waals surface area (Å²) >= 11 is 0. The zero-order chi connectivity index (χ0) is 23.5. The number of para-hydroxylation sites is 1. The van der Waals surface area contributed by atoms with E-state index in [2.05, 4.69) is 5.32 Å². The Labute approximate surface area is 196 Å². The van der Waals surface area contributed by atoms with Crippen LogP contribution in [0.4, 0.5) is 5.69 Å². The quantitative estimate of drug-likeness (QED) is 0.321. The molecule has 1 amide bonds. The lowest BCUT2D eigenvalue weighted by molar-refractivity contribution is 0.102. The van der Waals surface area contributed by atoms with E-state index in [1.807, 2.05) is 49.4 Å². The van der Waals surface area contributed by atoms with Gasteiger partial charge in [0.05, 0.1) is 5.39 Å². The summed E-state index contributed by atoms with van der Waals surface area (Å²) in [6, 6.07) is 30.6. The number of anilines is 1. The first-order valence-corrected chi connectivity index (χ1v) is 10.8. The summed E-state index contributed by atoms with van der Waals surface area (Å²) in [4.78, 5) is 25.2. The molecule has 0 aliphatic rings. The van der Waals surface area contributed by atoms with Gasteiger partial charge >= 0.3 is 0 Å². The molecule has 5 aromatic rings. The topological polar surface area (TPSA) is 68.5 Å². The van der Waals surface area contributed by atoms with Crippen molar-refractivity contribution in [3.63, 3.8) is 0 Å². The normalized spacial score (nSPS) is 10.7. The minimum Gasteiger partial charge on any atom is -0.457 e. The molecular formula is C29H21NO4. The number of rotatable bonds is 5. The number of benzene rings is 4. The van der Waals surface area contributed by atoms with Gasteiger partial charge in [0.2, 0.25) is 0 Å². The molecule has 0 saturated heterocycles. The number of carbonyl (C=O) groups excluding carboxylic acids is 1. The number of ether oxygens (including phenoxy) is 1. The van der Waals surface area contributed by atoms with Gasteiger partial charge in [0.15, 0.2) is 5.43 Å². The van der Waals surface area contributed by atoms with Crippen LogP contribution in [-0.2, 0) is 0 Å². The molecule has 1 N–H and O–H groups in total. The Kier molecular flexibility index (Phi) is 5.67. The molecule has 5 rings (SSSR count). The van der Waals surface area contributed by atoms with E-state index in [1.54, 1.807) is 54.6 Å². The van der Waals surface area contributed by atoms with Crippen LogP contribution in [0.2, 0.25) is 0 Å². The molecule has 5 heteroatoms. The maximum Gasteiger partial charge on any atom is 0.255 e. The lowest BCUT2D eigenvalue weighted by atomic mass is 10.1. The lowest BCUT2D eigenvalue weighted by Crippen LogP contribution is -2.11. The van der Waals surface area contributed by atoms with Crippen LogP contribution in [0.3, 0.4) is 0 Å². The highest BCUT2D eigenvalue weighted by Gasteiger charge is 2.10. The van der Waals surface area contributed by atoms with Crippen LogP contribution in [0.1, 0.15) is 15.9 Å². The standard InChI is InChI=1S/C29H21NO4/c1-19-7-16-27-25(17-19)26(31)18-28(34-27)20-8-10-21(11-9-20)29(32)30-22-12-14-24(15-13-22)33-23-5-3-2-4-6-23/h2-18H,1H3,(H,30,32). The van der Waals surface area contributed by atoms with E-state index in [0.717, 1.165) is 16.9 Å². The lowest BCUT2D eigenvalue weighted by Gasteiger charge is -2.09. The van der Waals surface area contributed by atoms with Crippen LogP contribution in [-0.4, -0.2) is 5.91 Å². The number of hydrogen-bond donors (Lipinski definition) is 1.